The maximum Gasteiger partial charge on any atom is 0.119 e. The van der Waals surface area contributed by atoms with E-state index < -0.39 is 0 Å². The zero-order chi connectivity index (χ0) is 15.2. The number of methoxy groups -OCH3 is 1. The second-order valence-corrected chi connectivity index (χ2v) is 7.68. The maximum absolute atomic E-state index is 5.42. The lowest BCUT2D eigenvalue weighted by Gasteiger charge is -2.52. The van der Waals surface area contributed by atoms with Crippen molar-refractivity contribution in [2.24, 2.45) is 5.41 Å². The first-order chi connectivity index (χ1) is 10.7. The Bertz CT molecular complexity index is 685. The van der Waals surface area contributed by atoms with Gasteiger partial charge in [0.2, 0.25) is 0 Å². The molecule has 114 valence electrons. The van der Waals surface area contributed by atoms with Gasteiger partial charge in [-0.15, -0.1) is 0 Å². The molecule has 0 aromatic heterocycles. The molecule has 1 saturated carbocycles. The van der Waals surface area contributed by atoms with Crippen LogP contribution in [0.4, 0.5) is 0 Å². The maximum atomic E-state index is 5.42. The molecule has 2 aliphatic carbocycles. The van der Waals surface area contributed by atoms with E-state index in [1.807, 2.05) is 0 Å². The van der Waals surface area contributed by atoms with E-state index in [2.05, 4.69) is 58.4 Å². The molecular formula is C20H21BrO. The van der Waals surface area contributed by atoms with Crippen molar-refractivity contribution < 1.29 is 4.74 Å². The lowest BCUT2D eigenvalue weighted by molar-refractivity contribution is 0.0871. The van der Waals surface area contributed by atoms with Gasteiger partial charge in [0, 0.05) is 10.4 Å². The molecule has 0 aliphatic heterocycles. The van der Waals surface area contributed by atoms with Crippen molar-refractivity contribution >= 4 is 15.9 Å². The smallest absolute Gasteiger partial charge is 0.119 e. The van der Waals surface area contributed by atoms with Gasteiger partial charge in [0.05, 0.1) is 7.11 Å². The van der Waals surface area contributed by atoms with E-state index in [1.165, 1.54) is 48.8 Å². The second-order valence-electron chi connectivity index (χ2n) is 6.77. The molecule has 0 heterocycles. The molecular weight excluding hydrogens is 336 g/mol. The third kappa shape index (κ3) is 2.20. The average molecular weight is 357 g/mol. The summed E-state index contributed by atoms with van der Waals surface area (Å²) >= 11 is 3.56. The Morgan fingerprint density at radius 3 is 2.45 bits per heavy atom. The second kappa shape index (κ2) is 5.42. The zero-order valence-corrected chi connectivity index (χ0v) is 14.5. The zero-order valence-electron chi connectivity index (χ0n) is 12.9. The number of halogens is 1. The lowest BCUT2D eigenvalue weighted by Crippen LogP contribution is -2.40. The average Bonchev–Trinajstić information content (AvgIpc) is 2.52. The Balaban J connectivity index is 1.83. The molecule has 1 atom stereocenters. The molecule has 2 heteroatoms. The van der Waals surface area contributed by atoms with Crippen LogP contribution in [-0.2, 0) is 6.42 Å². The number of rotatable bonds is 2. The first-order valence-electron chi connectivity index (χ1n) is 8.14. The predicted molar refractivity (Wildman–Crippen MR) is 93.6 cm³/mol. The van der Waals surface area contributed by atoms with E-state index in [1.54, 1.807) is 7.11 Å². The van der Waals surface area contributed by atoms with Crippen molar-refractivity contribution in [3.05, 3.63) is 63.6 Å². The van der Waals surface area contributed by atoms with Gasteiger partial charge < -0.3 is 4.74 Å². The Hall–Kier alpha value is -1.28. The molecule has 1 fully saturated rings. The number of fused-ring (bicyclic) bond motifs is 1. The summed E-state index contributed by atoms with van der Waals surface area (Å²) in [5.74, 6) is 1.53. The molecule has 2 aromatic carbocycles. The van der Waals surface area contributed by atoms with Gasteiger partial charge in [-0.2, -0.15) is 0 Å². The van der Waals surface area contributed by atoms with Crippen LogP contribution in [0.5, 0.6) is 5.75 Å². The molecule has 0 bridgehead atoms. The normalized spacial score (nSPS) is 22.0. The van der Waals surface area contributed by atoms with E-state index in [9.17, 15) is 0 Å². The molecule has 0 saturated heterocycles. The Labute approximate surface area is 140 Å². The van der Waals surface area contributed by atoms with Crippen LogP contribution >= 0.6 is 15.9 Å². The minimum Gasteiger partial charge on any atom is -0.497 e. The highest BCUT2D eigenvalue weighted by Crippen LogP contribution is 2.60. The Morgan fingerprint density at radius 1 is 1.05 bits per heavy atom. The van der Waals surface area contributed by atoms with Gasteiger partial charge in [-0.1, -0.05) is 40.5 Å². The first kappa shape index (κ1) is 14.3. The standard InChI is InChI=1S/C20H21BrO/c1-22-17-7-8-18-15(13-17)9-12-20(10-2-11-20)19(18)14-3-5-16(21)6-4-14/h3-8,13,19H,2,9-12H2,1H3. The van der Waals surface area contributed by atoms with Gasteiger partial charge >= 0.3 is 0 Å². The molecule has 0 amide bonds. The van der Waals surface area contributed by atoms with Crippen molar-refractivity contribution in [3.8, 4) is 5.75 Å². The van der Waals surface area contributed by atoms with Crippen LogP contribution in [-0.4, -0.2) is 7.11 Å². The van der Waals surface area contributed by atoms with Crippen molar-refractivity contribution in [2.75, 3.05) is 7.11 Å². The summed E-state index contributed by atoms with van der Waals surface area (Å²) in [6, 6.07) is 15.6. The van der Waals surface area contributed by atoms with E-state index in [0.717, 1.165) is 10.2 Å². The summed E-state index contributed by atoms with van der Waals surface area (Å²) in [5, 5.41) is 0. The molecule has 4 rings (SSSR count). The molecule has 2 aliphatic rings. The van der Waals surface area contributed by atoms with Crippen molar-refractivity contribution in [1.82, 2.24) is 0 Å². The molecule has 0 radical (unpaired) electrons. The van der Waals surface area contributed by atoms with E-state index in [4.69, 9.17) is 4.74 Å². The largest absolute Gasteiger partial charge is 0.497 e. The van der Waals surface area contributed by atoms with Crippen molar-refractivity contribution in [1.29, 1.82) is 0 Å². The third-order valence-electron chi connectivity index (χ3n) is 5.72. The Kier molecular flexibility index (Phi) is 3.53. The Morgan fingerprint density at radius 2 is 1.82 bits per heavy atom. The van der Waals surface area contributed by atoms with Gasteiger partial charge in [0.15, 0.2) is 0 Å². The summed E-state index contributed by atoms with van der Waals surface area (Å²) in [7, 11) is 1.75. The quantitative estimate of drug-likeness (QED) is 0.669. The predicted octanol–water partition coefficient (Wildman–Crippen LogP) is 5.71. The van der Waals surface area contributed by atoms with Crippen LogP contribution in [0.25, 0.3) is 0 Å². The topological polar surface area (TPSA) is 9.23 Å². The summed E-state index contributed by atoms with van der Waals surface area (Å²) in [6.07, 6.45) is 6.64. The summed E-state index contributed by atoms with van der Waals surface area (Å²) < 4.78 is 6.58. The number of hydrogen-bond donors (Lipinski definition) is 0. The van der Waals surface area contributed by atoms with Crippen LogP contribution in [0.1, 0.15) is 48.3 Å². The molecule has 1 nitrogen and oxygen atoms in total. The number of hydrogen-bond acceptors (Lipinski definition) is 1. The van der Waals surface area contributed by atoms with Crippen LogP contribution in [0.15, 0.2) is 46.9 Å². The molecule has 22 heavy (non-hydrogen) atoms. The van der Waals surface area contributed by atoms with Crippen LogP contribution < -0.4 is 4.74 Å². The molecule has 0 N–H and O–H groups in total. The van der Waals surface area contributed by atoms with Gasteiger partial charge in [-0.25, -0.2) is 0 Å². The molecule has 2 aromatic rings. The highest BCUT2D eigenvalue weighted by atomic mass is 79.9. The third-order valence-corrected chi connectivity index (χ3v) is 6.25. The van der Waals surface area contributed by atoms with Crippen LogP contribution in [0.3, 0.4) is 0 Å². The molecule has 1 spiro atoms. The van der Waals surface area contributed by atoms with Gasteiger partial charge in [-0.3, -0.25) is 0 Å². The number of ether oxygens (including phenoxy) is 1. The van der Waals surface area contributed by atoms with Crippen molar-refractivity contribution in [2.45, 2.75) is 38.0 Å². The fraction of sp³-hybridized carbons (Fsp3) is 0.400. The summed E-state index contributed by atoms with van der Waals surface area (Å²) in [5.41, 5.74) is 4.96. The summed E-state index contributed by atoms with van der Waals surface area (Å²) in [4.78, 5) is 0. The van der Waals surface area contributed by atoms with E-state index >= 15 is 0 Å². The first-order valence-corrected chi connectivity index (χ1v) is 8.93. The van der Waals surface area contributed by atoms with E-state index in [-0.39, 0.29) is 0 Å². The lowest BCUT2D eigenvalue weighted by atomic mass is 9.52. The summed E-state index contributed by atoms with van der Waals surface area (Å²) in [6.45, 7) is 0. The number of aryl methyl sites for hydroxylation is 1. The van der Waals surface area contributed by atoms with Crippen LogP contribution in [0.2, 0.25) is 0 Å². The van der Waals surface area contributed by atoms with E-state index in [0.29, 0.717) is 11.3 Å². The minimum atomic E-state index is 0.495. The highest BCUT2D eigenvalue weighted by Gasteiger charge is 2.47. The van der Waals surface area contributed by atoms with Gasteiger partial charge in [-0.05, 0) is 72.1 Å². The SMILES string of the molecule is COc1ccc2c(c1)CCC1(CCC1)C2c1ccc(Br)cc1. The van der Waals surface area contributed by atoms with Crippen molar-refractivity contribution in [3.63, 3.8) is 0 Å². The fourth-order valence-electron chi connectivity index (χ4n) is 4.42. The van der Waals surface area contributed by atoms with Gasteiger partial charge in [0.25, 0.3) is 0 Å². The fourth-order valence-corrected chi connectivity index (χ4v) is 4.69. The monoisotopic (exact) mass is 356 g/mol. The van der Waals surface area contributed by atoms with Gasteiger partial charge in [0.1, 0.15) is 5.75 Å². The minimum absolute atomic E-state index is 0.495. The molecule has 1 unspecified atom stereocenters. The highest BCUT2D eigenvalue weighted by molar-refractivity contribution is 9.10. The number of benzene rings is 2. The van der Waals surface area contributed by atoms with Crippen LogP contribution in [0, 0.1) is 5.41 Å².